The van der Waals surface area contributed by atoms with Crippen molar-refractivity contribution in [1.29, 1.82) is 0 Å². The first-order chi connectivity index (χ1) is 6.22. The van der Waals surface area contributed by atoms with Crippen LogP contribution in [0.1, 0.15) is 15.9 Å². The Balaban J connectivity index is 2.49. The first-order valence-corrected chi connectivity index (χ1v) is 4.79. The molecule has 0 saturated heterocycles. The number of hydrogen-bond donors (Lipinski definition) is 0. The summed E-state index contributed by atoms with van der Waals surface area (Å²) in [6.07, 6.45) is 1.29. The molecule has 0 spiro atoms. The van der Waals surface area contributed by atoms with E-state index in [1.54, 1.807) is 6.07 Å². The number of aldehydes is 1. The van der Waals surface area contributed by atoms with Gasteiger partial charge in [-0.1, -0.05) is 15.9 Å². The van der Waals surface area contributed by atoms with Crippen molar-refractivity contribution in [3.8, 4) is 0 Å². The van der Waals surface area contributed by atoms with E-state index in [-0.39, 0.29) is 5.78 Å². The van der Waals surface area contributed by atoms with E-state index in [1.807, 2.05) is 12.1 Å². The van der Waals surface area contributed by atoms with Gasteiger partial charge in [-0.3, -0.25) is 4.79 Å². The van der Waals surface area contributed by atoms with Crippen LogP contribution in [0.25, 0.3) is 0 Å². The standard InChI is InChI=1S/C10H7BrO2/c11-8-1-2-9-6(4-8)3-7(5-12)10(9)13/h1-2,4-5,7H,3H2. The Bertz CT molecular complexity index is 385. The number of hydrogen-bond acceptors (Lipinski definition) is 2. The third-order valence-electron chi connectivity index (χ3n) is 2.27. The molecule has 0 aromatic heterocycles. The molecule has 0 bridgehead atoms. The number of carbonyl (C=O) groups excluding carboxylic acids is 2. The van der Waals surface area contributed by atoms with Crippen LogP contribution in [0, 0.1) is 5.92 Å². The van der Waals surface area contributed by atoms with E-state index < -0.39 is 5.92 Å². The van der Waals surface area contributed by atoms with E-state index in [9.17, 15) is 9.59 Å². The lowest BCUT2D eigenvalue weighted by atomic mass is 10.1. The summed E-state index contributed by atoms with van der Waals surface area (Å²) >= 11 is 3.33. The van der Waals surface area contributed by atoms with Crippen LogP contribution in [-0.4, -0.2) is 12.1 Å². The lowest BCUT2D eigenvalue weighted by molar-refractivity contribution is -0.109. The summed E-state index contributed by atoms with van der Waals surface area (Å²) in [6, 6.07) is 5.49. The van der Waals surface area contributed by atoms with E-state index in [0.717, 1.165) is 16.3 Å². The Hall–Kier alpha value is -0.960. The molecule has 0 fully saturated rings. The second-order valence-electron chi connectivity index (χ2n) is 3.11. The monoisotopic (exact) mass is 238 g/mol. The molecule has 13 heavy (non-hydrogen) atoms. The molecule has 0 heterocycles. The van der Waals surface area contributed by atoms with Gasteiger partial charge in [-0.25, -0.2) is 0 Å². The van der Waals surface area contributed by atoms with Crippen LogP contribution in [0.5, 0.6) is 0 Å². The third kappa shape index (κ3) is 1.33. The van der Waals surface area contributed by atoms with Crippen molar-refractivity contribution in [3.05, 3.63) is 33.8 Å². The average Bonchev–Trinajstić information content (AvgIpc) is 2.42. The van der Waals surface area contributed by atoms with E-state index in [2.05, 4.69) is 15.9 Å². The molecular weight excluding hydrogens is 232 g/mol. The molecule has 1 aromatic rings. The number of ketones is 1. The molecule has 0 saturated carbocycles. The molecule has 3 heteroatoms. The van der Waals surface area contributed by atoms with E-state index >= 15 is 0 Å². The van der Waals surface area contributed by atoms with E-state index in [4.69, 9.17) is 0 Å². The average molecular weight is 239 g/mol. The van der Waals surface area contributed by atoms with Crippen LogP contribution < -0.4 is 0 Å². The zero-order chi connectivity index (χ0) is 9.42. The fraction of sp³-hybridized carbons (Fsp3) is 0.200. The molecular formula is C10H7BrO2. The molecule has 66 valence electrons. The van der Waals surface area contributed by atoms with Gasteiger partial charge in [0.15, 0.2) is 5.78 Å². The third-order valence-corrected chi connectivity index (χ3v) is 2.77. The van der Waals surface area contributed by atoms with Gasteiger partial charge in [-0.15, -0.1) is 0 Å². The Morgan fingerprint density at radius 2 is 2.23 bits per heavy atom. The number of rotatable bonds is 1. The normalized spacial score (nSPS) is 20.1. The van der Waals surface area contributed by atoms with Gasteiger partial charge in [0.05, 0.1) is 5.92 Å². The molecule has 2 rings (SSSR count). The Labute approximate surface area is 84.1 Å². The number of Topliss-reactive ketones (excluding diaryl/α,β-unsaturated/α-hetero) is 1. The molecule has 1 atom stereocenters. The molecule has 1 aliphatic rings. The van der Waals surface area contributed by atoms with Gasteiger partial charge in [0.1, 0.15) is 6.29 Å². The number of carbonyl (C=O) groups is 2. The van der Waals surface area contributed by atoms with Crippen molar-refractivity contribution in [2.75, 3.05) is 0 Å². The second kappa shape index (κ2) is 3.07. The topological polar surface area (TPSA) is 34.1 Å². The highest BCUT2D eigenvalue weighted by Crippen LogP contribution is 2.27. The highest BCUT2D eigenvalue weighted by Gasteiger charge is 2.29. The van der Waals surface area contributed by atoms with Crippen LogP contribution in [0.4, 0.5) is 0 Å². The predicted octanol–water partition coefficient (Wildman–Crippen LogP) is 2.00. The van der Waals surface area contributed by atoms with Gasteiger partial charge in [0, 0.05) is 10.0 Å². The first kappa shape index (κ1) is 8.63. The minimum Gasteiger partial charge on any atom is -0.303 e. The molecule has 0 aliphatic heterocycles. The summed E-state index contributed by atoms with van der Waals surface area (Å²) in [6.45, 7) is 0. The minimum atomic E-state index is -0.454. The van der Waals surface area contributed by atoms with E-state index in [1.165, 1.54) is 0 Å². The van der Waals surface area contributed by atoms with Crippen molar-refractivity contribution < 1.29 is 9.59 Å². The van der Waals surface area contributed by atoms with Crippen LogP contribution in [0.3, 0.4) is 0 Å². The highest BCUT2D eigenvalue weighted by atomic mass is 79.9. The fourth-order valence-electron chi connectivity index (χ4n) is 1.61. The molecule has 0 amide bonds. The summed E-state index contributed by atoms with van der Waals surface area (Å²) in [5, 5.41) is 0. The first-order valence-electron chi connectivity index (χ1n) is 4.00. The predicted molar refractivity (Wildman–Crippen MR) is 51.7 cm³/mol. The van der Waals surface area contributed by atoms with Crippen LogP contribution in [0.2, 0.25) is 0 Å². The maximum Gasteiger partial charge on any atom is 0.173 e. The summed E-state index contributed by atoms with van der Waals surface area (Å²) < 4.78 is 0.950. The van der Waals surface area contributed by atoms with Crippen molar-refractivity contribution in [1.82, 2.24) is 0 Å². The highest BCUT2D eigenvalue weighted by molar-refractivity contribution is 9.10. The Morgan fingerprint density at radius 1 is 1.46 bits per heavy atom. The van der Waals surface area contributed by atoms with Crippen LogP contribution in [-0.2, 0) is 11.2 Å². The molecule has 0 N–H and O–H groups in total. The molecule has 1 unspecified atom stereocenters. The van der Waals surface area contributed by atoms with Crippen molar-refractivity contribution in [2.24, 2.45) is 5.92 Å². The smallest absolute Gasteiger partial charge is 0.173 e. The maximum absolute atomic E-state index is 11.5. The fourth-order valence-corrected chi connectivity index (χ4v) is 2.02. The van der Waals surface area contributed by atoms with Crippen molar-refractivity contribution in [3.63, 3.8) is 0 Å². The zero-order valence-electron chi connectivity index (χ0n) is 6.79. The Morgan fingerprint density at radius 3 is 2.92 bits per heavy atom. The molecule has 1 aliphatic carbocycles. The number of halogens is 1. The number of fused-ring (bicyclic) bond motifs is 1. The lowest BCUT2D eigenvalue weighted by Gasteiger charge is -1.95. The summed E-state index contributed by atoms with van der Waals surface area (Å²) in [5.41, 5.74) is 1.66. The number of benzene rings is 1. The molecule has 0 radical (unpaired) electrons. The zero-order valence-corrected chi connectivity index (χ0v) is 8.37. The summed E-state index contributed by atoms with van der Waals surface area (Å²) in [5.74, 6) is -0.498. The quantitative estimate of drug-likeness (QED) is 0.554. The lowest BCUT2D eigenvalue weighted by Crippen LogP contribution is -2.09. The summed E-state index contributed by atoms with van der Waals surface area (Å²) in [7, 11) is 0. The largest absolute Gasteiger partial charge is 0.303 e. The second-order valence-corrected chi connectivity index (χ2v) is 4.03. The minimum absolute atomic E-state index is 0.0440. The summed E-state index contributed by atoms with van der Waals surface area (Å²) in [4.78, 5) is 22.0. The van der Waals surface area contributed by atoms with Gasteiger partial charge in [-0.05, 0) is 30.2 Å². The SMILES string of the molecule is O=CC1Cc2cc(Br)ccc2C1=O. The maximum atomic E-state index is 11.5. The van der Waals surface area contributed by atoms with Gasteiger partial charge in [0.2, 0.25) is 0 Å². The van der Waals surface area contributed by atoms with Crippen LogP contribution >= 0.6 is 15.9 Å². The molecule has 2 nitrogen and oxygen atoms in total. The Kier molecular flexibility index (Phi) is 2.04. The van der Waals surface area contributed by atoms with Crippen LogP contribution in [0.15, 0.2) is 22.7 Å². The molecule has 1 aromatic carbocycles. The van der Waals surface area contributed by atoms with E-state index in [0.29, 0.717) is 12.0 Å². The van der Waals surface area contributed by atoms with Gasteiger partial charge in [0.25, 0.3) is 0 Å². The van der Waals surface area contributed by atoms with Crippen molar-refractivity contribution >= 4 is 28.0 Å². The van der Waals surface area contributed by atoms with Gasteiger partial charge < -0.3 is 4.79 Å². The van der Waals surface area contributed by atoms with Gasteiger partial charge >= 0.3 is 0 Å². The van der Waals surface area contributed by atoms with Gasteiger partial charge in [-0.2, -0.15) is 0 Å². The van der Waals surface area contributed by atoms with Crippen molar-refractivity contribution in [2.45, 2.75) is 6.42 Å².